The van der Waals surface area contributed by atoms with Gasteiger partial charge < -0.3 is 4.79 Å². The Morgan fingerprint density at radius 3 is 2.77 bits per heavy atom. The molecule has 0 spiro atoms. The van der Waals surface area contributed by atoms with Crippen LogP contribution in [-0.2, 0) is 4.79 Å². The zero-order valence-electron chi connectivity index (χ0n) is 6.86. The second-order valence-electron chi connectivity index (χ2n) is 2.45. The Labute approximate surface area is 75.6 Å². The van der Waals surface area contributed by atoms with E-state index in [0.29, 0.717) is 17.4 Å². The highest BCUT2D eigenvalue weighted by Gasteiger charge is 2.08. The van der Waals surface area contributed by atoms with Gasteiger partial charge in [-0.25, -0.2) is 0 Å². The highest BCUT2D eigenvalue weighted by atomic mass is 16.1. The van der Waals surface area contributed by atoms with Gasteiger partial charge in [-0.15, -0.1) is 0 Å². The molecular weight excluding hydrogens is 166 g/mol. The van der Waals surface area contributed by atoms with Gasteiger partial charge in [0.1, 0.15) is 6.29 Å². The van der Waals surface area contributed by atoms with E-state index < -0.39 is 0 Å². The van der Waals surface area contributed by atoms with Crippen LogP contribution < -0.4 is 0 Å². The quantitative estimate of drug-likeness (QED) is 0.393. The highest BCUT2D eigenvalue weighted by Crippen LogP contribution is 2.08. The minimum Gasteiger partial charge on any atom is -0.303 e. The van der Waals surface area contributed by atoms with Crippen LogP contribution in [0.15, 0.2) is 24.3 Å². The molecule has 0 radical (unpaired) electrons. The SMILES string of the molecule is N#Cc1ccccc1C(=O)CC=O. The van der Waals surface area contributed by atoms with E-state index in [9.17, 15) is 9.59 Å². The van der Waals surface area contributed by atoms with Crippen LogP contribution in [0, 0.1) is 11.3 Å². The first kappa shape index (κ1) is 9.14. The Balaban J connectivity index is 3.07. The number of nitrogens with zero attached hydrogens (tertiary/aromatic N) is 1. The second kappa shape index (κ2) is 4.17. The number of benzene rings is 1. The smallest absolute Gasteiger partial charge is 0.171 e. The van der Waals surface area contributed by atoms with E-state index in [0.717, 1.165) is 0 Å². The van der Waals surface area contributed by atoms with E-state index in [1.54, 1.807) is 24.3 Å². The first-order valence-electron chi connectivity index (χ1n) is 3.75. The third-order valence-corrected chi connectivity index (χ3v) is 1.62. The number of nitriles is 1. The minimum atomic E-state index is -0.313. The molecule has 0 bridgehead atoms. The summed E-state index contributed by atoms with van der Waals surface area (Å²) in [6.45, 7) is 0. The zero-order chi connectivity index (χ0) is 9.68. The second-order valence-corrected chi connectivity index (χ2v) is 2.45. The maximum atomic E-state index is 11.2. The lowest BCUT2D eigenvalue weighted by atomic mass is 10.0. The summed E-state index contributed by atoms with van der Waals surface area (Å²) in [6, 6.07) is 8.34. The fourth-order valence-corrected chi connectivity index (χ4v) is 1.01. The van der Waals surface area contributed by atoms with Crippen molar-refractivity contribution in [1.82, 2.24) is 0 Å². The molecule has 1 aromatic carbocycles. The van der Waals surface area contributed by atoms with E-state index in [1.807, 2.05) is 6.07 Å². The van der Waals surface area contributed by atoms with Gasteiger partial charge in [-0.1, -0.05) is 18.2 Å². The molecule has 0 N–H and O–H groups in total. The van der Waals surface area contributed by atoms with Crippen LogP contribution in [0.3, 0.4) is 0 Å². The monoisotopic (exact) mass is 173 g/mol. The number of ketones is 1. The summed E-state index contributed by atoms with van der Waals surface area (Å²) in [5.41, 5.74) is 0.631. The van der Waals surface area contributed by atoms with E-state index in [1.165, 1.54) is 0 Å². The van der Waals surface area contributed by atoms with Crippen LogP contribution in [0.5, 0.6) is 0 Å². The molecule has 13 heavy (non-hydrogen) atoms. The molecule has 0 amide bonds. The summed E-state index contributed by atoms with van der Waals surface area (Å²) in [7, 11) is 0. The predicted octanol–water partition coefficient (Wildman–Crippen LogP) is 1.33. The molecule has 0 saturated carbocycles. The maximum Gasteiger partial charge on any atom is 0.171 e. The van der Waals surface area contributed by atoms with Gasteiger partial charge in [-0.2, -0.15) is 5.26 Å². The van der Waals surface area contributed by atoms with Gasteiger partial charge in [-0.3, -0.25) is 4.79 Å². The van der Waals surface area contributed by atoms with E-state index >= 15 is 0 Å². The fourth-order valence-electron chi connectivity index (χ4n) is 1.01. The van der Waals surface area contributed by atoms with E-state index in [2.05, 4.69) is 0 Å². The molecule has 0 saturated heterocycles. The number of Topliss-reactive ketones (excluding diaryl/α,β-unsaturated/α-hetero) is 1. The molecule has 1 aromatic rings. The van der Waals surface area contributed by atoms with Gasteiger partial charge in [0.05, 0.1) is 18.1 Å². The predicted molar refractivity (Wildman–Crippen MR) is 46.2 cm³/mol. The molecule has 0 aliphatic rings. The Morgan fingerprint density at radius 2 is 2.15 bits per heavy atom. The number of rotatable bonds is 3. The first-order chi connectivity index (χ1) is 6.29. The van der Waals surface area contributed by atoms with Crippen molar-refractivity contribution in [3.63, 3.8) is 0 Å². The number of aldehydes is 1. The summed E-state index contributed by atoms with van der Waals surface area (Å²) in [5, 5.41) is 8.64. The van der Waals surface area contributed by atoms with Crippen molar-refractivity contribution in [2.24, 2.45) is 0 Å². The molecule has 3 heteroatoms. The van der Waals surface area contributed by atoms with E-state index in [4.69, 9.17) is 5.26 Å². The topological polar surface area (TPSA) is 57.9 Å². The summed E-state index contributed by atoms with van der Waals surface area (Å²) < 4.78 is 0. The van der Waals surface area contributed by atoms with Gasteiger partial charge in [0.2, 0.25) is 0 Å². The van der Waals surface area contributed by atoms with Crippen LogP contribution in [0.1, 0.15) is 22.3 Å². The summed E-state index contributed by atoms with van der Waals surface area (Å²) in [6.07, 6.45) is 0.370. The van der Waals surface area contributed by atoms with Gasteiger partial charge in [0.15, 0.2) is 5.78 Å². The molecule has 0 unspecified atom stereocenters. The summed E-state index contributed by atoms with van der Waals surface area (Å²) in [4.78, 5) is 21.3. The molecule has 0 aromatic heterocycles. The van der Waals surface area contributed by atoms with Gasteiger partial charge in [0.25, 0.3) is 0 Å². The zero-order valence-corrected chi connectivity index (χ0v) is 6.86. The molecule has 1 rings (SSSR count). The third kappa shape index (κ3) is 2.00. The van der Waals surface area contributed by atoms with Crippen LogP contribution in [0.4, 0.5) is 0 Å². The number of hydrogen-bond acceptors (Lipinski definition) is 3. The third-order valence-electron chi connectivity index (χ3n) is 1.62. The van der Waals surface area contributed by atoms with Crippen molar-refractivity contribution < 1.29 is 9.59 Å². The largest absolute Gasteiger partial charge is 0.303 e. The molecule has 0 aliphatic carbocycles. The molecular formula is C10H7NO2. The lowest BCUT2D eigenvalue weighted by Crippen LogP contribution is -2.01. The highest BCUT2D eigenvalue weighted by molar-refractivity contribution is 6.04. The van der Waals surface area contributed by atoms with Crippen molar-refractivity contribution in [2.45, 2.75) is 6.42 Å². The standard InChI is InChI=1S/C10H7NO2/c11-7-8-3-1-2-4-9(8)10(13)5-6-12/h1-4,6H,5H2. The van der Waals surface area contributed by atoms with Crippen LogP contribution >= 0.6 is 0 Å². The lowest BCUT2D eigenvalue weighted by Gasteiger charge is -1.98. The Kier molecular flexibility index (Phi) is 2.93. The van der Waals surface area contributed by atoms with Crippen LogP contribution in [0.25, 0.3) is 0 Å². The average molecular weight is 173 g/mol. The van der Waals surface area contributed by atoms with Crippen molar-refractivity contribution in [2.75, 3.05) is 0 Å². The number of hydrogen-bond donors (Lipinski definition) is 0. The van der Waals surface area contributed by atoms with Gasteiger partial charge >= 0.3 is 0 Å². The van der Waals surface area contributed by atoms with Gasteiger partial charge in [-0.05, 0) is 6.07 Å². The normalized spacial score (nSPS) is 8.85. The maximum absolute atomic E-state index is 11.2. The van der Waals surface area contributed by atoms with Crippen molar-refractivity contribution >= 4 is 12.1 Å². The number of carbonyl (C=O) groups excluding carboxylic acids is 2. The Morgan fingerprint density at radius 1 is 1.46 bits per heavy atom. The Bertz CT molecular complexity index is 377. The van der Waals surface area contributed by atoms with Crippen molar-refractivity contribution in [1.29, 1.82) is 5.26 Å². The summed E-state index contributed by atoms with van der Waals surface area (Å²) >= 11 is 0. The van der Waals surface area contributed by atoms with Crippen LogP contribution in [-0.4, -0.2) is 12.1 Å². The van der Waals surface area contributed by atoms with E-state index in [-0.39, 0.29) is 12.2 Å². The molecule has 3 nitrogen and oxygen atoms in total. The minimum absolute atomic E-state index is 0.168. The molecule has 64 valence electrons. The van der Waals surface area contributed by atoms with Crippen molar-refractivity contribution in [3.05, 3.63) is 35.4 Å². The molecule has 0 atom stereocenters. The van der Waals surface area contributed by atoms with Crippen molar-refractivity contribution in [3.8, 4) is 6.07 Å². The fraction of sp³-hybridized carbons (Fsp3) is 0.100. The lowest BCUT2D eigenvalue weighted by molar-refractivity contribution is -0.107. The number of carbonyl (C=O) groups is 2. The average Bonchev–Trinajstić information content (AvgIpc) is 2.18. The molecule has 0 heterocycles. The van der Waals surface area contributed by atoms with Gasteiger partial charge in [0, 0.05) is 5.56 Å². The molecule has 0 aliphatic heterocycles. The molecule has 0 fully saturated rings. The van der Waals surface area contributed by atoms with Crippen LogP contribution in [0.2, 0.25) is 0 Å². The Hall–Kier alpha value is -1.95. The first-order valence-corrected chi connectivity index (χ1v) is 3.75. The summed E-state index contributed by atoms with van der Waals surface area (Å²) in [5.74, 6) is -0.313.